The average Bonchev–Trinajstić information content (AvgIpc) is 2.97. The molecular weight excluding hydrogens is 309 g/mol. The van der Waals surface area contributed by atoms with Gasteiger partial charge in [0.05, 0.1) is 0 Å². The van der Waals surface area contributed by atoms with E-state index in [0.717, 1.165) is 30.0 Å². The number of aromatic nitrogens is 1. The van der Waals surface area contributed by atoms with E-state index in [1.165, 1.54) is 11.3 Å². The molecule has 1 aliphatic heterocycles. The number of nitrogens with zero attached hydrogens (tertiary/aromatic N) is 2. The van der Waals surface area contributed by atoms with Gasteiger partial charge < -0.3 is 5.73 Å². The van der Waals surface area contributed by atoms with Gasteiger partial charge in [-0.2, -0.15) is 0 Å². The molecule has 2 aromatic rings. The minimum absolute atomic E-state index is 0. The highest BCUT2D eigenvalue weighted by molar-refractivity contribution is 7.15. The Labute approximate surface area is 134 Å². The smallest absolute Gasteiger partial charge is 0.180 e. The lowest BCUT2D eigenvalue weighted by atomic mass is 10.0. The number of likely N-dealkylation sites (tertiary alicyclic amines) is 1. The monoisotopic (exact) mass is 327 g/mol. The molecule has 0 saturated carbocycles. The summed E-state index contributed by atoms with van der Waals surface area (Å²) in [6, 6.07) is 7.23. The maximum absolute atomic E-state index is 14.0. The van der Waals surface area contributed by atoms with Gasteiger partial charge in [-0.3, -0.25) is 4.90 Å². The molecule has 2 heterocycles. The van der Waals surface area contributed by atoms with E-state index in [-0.39, 0.29) is 24.3 Å². The summed E-state index contributed by atoms with van der Waals surface area (Å²) in [5.74, 6) is 0.463. The molecule has 2 unspecified atom stereocenters. The van der Waals surface area contributed by atoms with Gasteiger partial charge in [0, 0.05) is 35.8 Å². The van der Waals surface area contributed by atoms with Crippen LogP contribution in [0.1, 0.15) is 29.8 Å². The summed E-state index contributed by atoms with van der Waals surface area (Å²) in [6.07, 6.45) is 2.82. The van der Waals surface area contributed by atoms with Crippen LogP contribution in [-0.4, -0.2) is 16.4 Å². The van der Waals surface area contributed by atoms with Gasteiger partial charge in [0.2, 0.25) is 0 Å². The Morgan fingerprint density at radius 2 is 2.19 bits per heavy atom. The molecule has 1 fully saturated rings. The summed E-state index contributed by atoms with van der Waals surface area (Å²) in [5.41, 5.74) is 6.48. The van der Waals surface area contributed by atoms with Crippen molar-refractivity contribution in [1.29, 1.82) is 0 Å². The fourth-order valence-electron chi connectivity index (χ4n) is 2.97. The van der Waals surface area contributed by atoms with E-state index >= 15 is 0 Å². The molecule has 0 amide bonds. The summed E-state index contributed by atoms with van der Waals surface area (Å²) in [7, 11) is 0. The molecule has 6 heteroatoms. The standard InChI is InChI=1S/C15H18FN3S.ClH/c1-10-6-14(12-4-2-3-5-13(12)16)19(8-10)9-11-7-18-15(17)20-11;/h2-5,7,10,14H,6,8-9H2,1H3,(H2,17,18);1H. The van der Waals surface area contributed by atoms with Gasteiger partial charge in [0.1, 0.15) is 5.82 Å². The van der Waals surface area contributed by atoms with Gasteiger partial charge in [0.25, 0.3) is 0 Å². The number of rotatable bonds is 3. The summed E-state index contributed by atoms with van der Waals surface area (Å²) < 4.78 is 14.0. The molecule has 1 aromatic heterocycles. The minimum Gasteiger partial charge on any atom is -0.375 e. The number of benzene rings is 1. The molecule has 0 aliphatic carbocycles. The molecule has 1 aliphatic rings. The lowest BCUT2D eigenvalue weighted by Gasteiger charge is -2.24. The van der Waals surface area contributed by atoms with Gasteiger partial charge in [-0.05, 0) is 18.4 Å². The third-order valence-electron chi connectivity index (χ3n) is 3.81. The van der Waals surface area contributed by atoms with E-state index in [0.29, 0.717) is 11.0 Å². The highest BCUT2D eigenvalue weighted by atomic mass is 35.5. The molecule has 114 valence electrons. The van der Waals surface area contributed by atoms with E-state index in [1.807, 2.05) is 18.3 Å². The largest absolute Gasteiger partial charge is 0.375 e. The number of nitrogens with two attached hydrogens (primary N) is 1. The van der Waals surface area contributed by atoms with Crippen LogP contribution < -0.4 is 5.73 Å². The highest BCUT2D eigenvalue weighted by Crippen LogP contribution is 2.37. The van der Waals surface area contributed by atoms with E-state index in [2.05, 4.69) is 16.8 Å². The molecule has 3 rings (SSSR count). The zero-order chi connectivity index (χ0) is 14.1. The van der Waals surface area contributed by atoms with E-state index in [9.17, 15) is 4.39 Å². The van der Waals surface area contributed by atoms with Crippen LogP contribution in [0.15, 0.2) is 30.5 Å². The fraction of sp³-hybridized carbons (Fsp3) is 0.400. The Balaban J connectivity index is 0.00000161. The van der Waals surface area contributed by atoms with E-state index in [4.69, 9.17) is 5.73 Å². The predicted molar refractivity (Wildman–Crippen MR) is 87.1 cm³/mol. The maximum Gasteiger partial charge on any atom is 0.180 e. The topological polar surface area (TPSA) is 42.2 Å². The Bertz CT molecular complexity index is 604. The molecule has 21 heavy (non-hydrogen) atoms. The number of thiazole rings is 1. The van der Waals surface area contributed by atoms with Gasteiger partial charge in [-0.1, -0.05) is 25.1 Å². The molecule has 0 bridgehead atoms. The first kappa shape index (κ1) is 16.2. The summed E-state index contributed by atoms with van der Waals surface area (Å²) in [6.45, 7) is 3.99. The molecule has 1 saturated heterocycles. The second-order valence-corrected chi connectivity index (χ2v) is 6.62. The quantitative estimate of drug-likeness (QED) is 0.930. The lowest BCUT2D eigenvalue weighted by Crippen LogP contribution is -2.23. The fourth-order valence-corrected chi connectivity index (χ4v) is 3.68. The minimum atomic E-state index is -0.111. The van der Waals surface area contributed by atoms with Gasteiger partial charge in [-0.25, -0.2) is 9.37 Å². The Morgan fingerprint density at radius 1 is 1.43 bits per heavy atom. The van der Waals surface area contributed by atoms with E-state index < -0.39 is 0 Å². The molecule has 1 aromatic carbocycles. The van der Waals surface area contributed by atoms with Crippen molar-refractivity contribution in [3.63, 3.8) is 0 Å². The number of hydrogen-bond acceptors (Lipinski definition) is 4. The second kappa shape index (κ2) is 6.73. The number of hydrogen-bond donors (Lipinski definition) is 1. The van der Waals surface area contributed by atoms with Crippen molar-refractivity contribution < 1.29 is 4.39 Å². The molecular formula is C15H19ClFN3S. The van der Waals surface area contributed by atoms with Crippen LogP contribution in [-0.2, 0) is 6.54 Å². The first-order chi connectivity index (χ1) is 9.63. The van der Waals surface area contributed by atoms with Gasteiger partial charge in [0.15, 0.2) is 5.13 Å². The number of nitrogen functional groups attached to an aromatic ring is 1. The van der Waals surface area contributed by atoms with Crippen molar-refractivity contribution in [3.05, 3.63) is 46.7 Å². The molecule has 3 nitrogen and oxygen atoms in total. The van der Waals surface area contributed by atoms with Crippen LogP contribution in [0.25, 0.3) is 0 Å². The normalized spacial score (nSPS) is 22.2. The van der Waals surface area contributed by atoms with Crippen molar-refractivity contribution >= 4 is 28.9 Å². The SMILES string of the molecule is CC1CC(c2ccccc2F)N(Cc2cnc(N)s2)C1.Cl. The zero-order valence-corrected chi connectivity index (χ0v) is 13.5. The molecule has 0 radical (unpaired) electrons. The summed E-state index contributed by atoms with van der Waals surface area (Å²) >= 11 is 1.51. The molecule has 2 atom stereocenters. The number of anilines is 1. The van der Waals surface area contributed by atoms with Gasteiger partial charge >= 0.3 is 0 Å². The first-order valence-electron chi connectivity index (χ1n) is 6.82. The Kier molecular flexibility index (Phi) is 5.19. The first-order valence-corrected chi connectivity index (χ1v) is 7.64. The van der Waals surface area contributed by atoms with Crippen LogP contribution >= 0.6 is 23.7 Å². The van der Waals surface area contributed by atoms with Crippen molar-refractivity contribution in [3.8, 4) is 0 Å². The lowest BCUT2D eigenvalue weighted by molar-refractivity contribution is 0.243. The van der Waals surface area contributed by atoms with Crippen LogP contribution in [0.3, 0.4) is 0 Å². The summed E-state index contributed by atoms with van der Waals surface area (Å²) in [5, 5.41) is 0.592. The van der Waals surface area contributed by atoms with Crippen molar-refractivity contribution in [2.24, 2.45) is 5.92 Å². The van der Waals surface area contributed by atoms with Crippen molar-refractivity contribution in [2.75, 3.05) is 12.3 Å². The Morgan fingerprint density at radius 3 is 2.86 bits per heavy atom. The molecule has 0 spiro atoms. The highest BCUT2D eigenvalue weighted by Gasteiger charge is 2.32. The third kappa shape index (κ3) is 3.54. The van der Waals surface area contributed by atoms with Crippen molar-refractivity contribution in [1.82, 2.24) is 9.88 Å². The number of halogens is 2. The van der Waals surface area contributed by atoms with Crippen LogP contribution in [0.5, 0.6) is 0 Å². The van der Waals surface area contributed by atoms with Crippen molar-refractivity contribution in [2.45, 2.75) is 25.9 Å². The maximum atomic E-state index is 14.0. The zero-order valence-electron chi connectivity index (χ0n) is 11.8. The van der Waals surface area contributed by atoms with Gasteiger partial charge in [-0.15, -0.1) is 23.7 Å². The van der Waals surface area contributed by atoms with E-state index in [1.54, 1.807) is 12.1 Å². The third-order valence-corrected chi connectivity index (χ3v) is 4.62. The van der Waals surface area contributed by atoms with Crippen LogP contribution in [0.2, 0.25) is 0 Å². The average molecular weight is 328 g/mol. The van der Waals surface area contributed by atoms with Crippen LogP contribution in [0.4, 0.5) is 9.52 Å². The molecule has 2 N–H and O–H groups in total. The Hall–Kier alpha value is -1.17. The summed E-state index contributed by atoms with van der Waals surface area (Å²) in [4.78, 5) is 7.55. The van der Waals surface area contributed by atoms with Crippen LogP contribution in [0, 0.1) is 11.7 Å². The predicted octanol–water partition coefficient (Wildman–Crippen LogP) is 3.87. The second-order valence-electron chi connectivity index (χ2n) is 5.47.